The zero-order chi connectivity index (χ0) is 17.3. The van der Waals surface area contributed by atoms with Crippen molar-refractivity contribution in [1.82, 2.24) is 15.5 Å². The van der Waals surface area contributed by atoms with Crippen molar-refractivity contribution in [3.8, 4) is 11.5 Å². The van der Waals surface area contributed by atoms with Gasteiger partial charge in [-0.2, -0.15) is 5.10 Å². The number of rotatable bonds is 3. The number of hydrogen-bond acceptors (Lipinski definition) is 3. The number of aromatic nitrogens is 2. The Bertz CT molecular complexity index is 708. The van der Waals surface area contributed by atoms with Crippen LogP contribution in [0.2, 0.25) is 0 Å². The molecule has 3 rings (SSSR count). The number of nitrogens with one attached hydrogen (secondary N) is 2. The molecule has 5 nitrogen and oxygen atoms in total. The molecule has 0 spiro atoms. The smallest absolute Gasteiger partial charge is 0.272 e. The summed E-state index contributed by atoms with van der Waals surface area (Å²) in [4.78, 5) is 12.6. The van der Waals surface area contributed by atoms with E-state index in [2.05, 4.69) is 36.3 Å². The molecule has 0 saturated heterocycles. The maximum Gasteiger partial charge on any atom is 0.272 e. The van der Waals surface area contributed by atoms with Gasteiger partial charge in [-0.1, -0.05) is 33.6 Å². The van der Waals surface area contributed by atoms with Crippen molar-refractivity contribution in [2.24, 2.45) is 11.3 Å². The maximum absolute atomic E-state index is 12.6. The second kappa shape index (κ2) is 6.46. The highest BCUT2D eigenvalue weighted by molar-refractivity contribution is 5.93. The zero-order valence-electron chi connectivity index (χ0n) is 15.0. The Kier molecular flexibility index (Phi) is 4.52. The summed E-state index contributed by atoms with van der Waals surface area (Å²) in [5.41, 5.74) is 1.34. The van der Waals surface area contributed by atoms with Crippen LogP contribution in [0, 0.1) is 18.3 Å². The highest BCUT2D eigenvalue weighted by Gasteiger charge is 2.35. The molecular weight excluding hydrogens is 302 g/mol. The quantitative estimate of drug-likeness (QED) is 0.881. The molecule has 0 aliphatic heterocycles. The number of aromatic amines is 1. The van der Waals surface area contributed by atoms with E-state index in [0.29, 0.717) is 17.4 Å². The number of H-pyrrole nitrogens is 1. The molecule has 0 aromatic carbocycles. The number of amides is 1. The molecule has 24 heavy (non-hydrogen) atoms. The topological polar surface area (TPSA) is 70.9 Å². The lowest BCUT2D eigenvalue weighted by molar-refractivity contribution is 0.0825. The first-order valence-electron chi connectivity index (χ1n) is 8.77. The van der Waals surface area contributed by atoms with Crippen molar-refractivity contribution in [1.29, 1.82) is 0 Å². The normalized spacial score (nSPS) is 21.7. The summed E-state index contributed by atoms with van der Waals surface area (Å²) in [6.07, 6.45) is 4.64. The molecule has 1 aliphatic carbocycles. The first kappa shape index (κ1) is 16.8. The molecule has 2 unspecified atom stereocenters. The van der Waals surface area contributed by atoms with Crippen LogP contribution in [-0.2, 0) is 0 Å². The summed E-state index contributed by atoms with van der Waals surface area (Å²) < 4.78 is 5.57. The van der Waals surface area contributed by atoms with Crippen LogP contribution in [0.1, 0.15) is 62.7 Å². The van der Waals surface area contributed by atoms with Gasteiger partial charge in [0.1, 0.15) is 11.5 Å². The summed E-state index contributed by atoms with van der Waals surface area (Å²) >= 11 is 0. The molecular formula is C19H27N3O2. The lowest BCUT2D eigenvalue weighted by Gasteiger charge is -2.40. The summed E-state index contributed by atoms with van der Waals surface area (Å²) in [6, 6.07) is 5.74. The highest BCUT2D eigenvalue weighted by Crippen LogP contribution is 2.38. The highest BCUT2D eigenvalue weighted by atomic mass is 16.3. The largest absolute Gasteiger partial charge is 0.460 e. The SMILES string of the molecule is Cc1ccc(-c2cc(C(=O)NC3CCCCC3C(C)(C)C)n[nH]2)o1. The second-order valence-electron chi connectivity index (χ2n) is 7.91. The predicted molar refractivity (Wildman–Crippen MR) is 93.7 cm³/mol. The van der Waals surface area contributed by atoms with E-state index >= 15 is 0 Å². The van der Waals surface area contributed by atoms with Crippen LogP contribution in [0.15, 0.2) is 22.6 Å². The fourth-order valence-electron chi connectivity index (χ4n) is 3.73. The summed E-state index contributed by atoms with van der Waals surface area (Å²) in [6.45, 7) is 8.67. The number of nitrogens with zero attached hydrogens (tertiary/aromatic N) is 1. The number of furan rings is 1. The molecule has 0 bridgehead atoms. The van der Waals surface area contributed by atoms with Crippen LogP contribution in [0.3, 0.4) is 0 Å². The third-order valence-corrected chi connectivity index (χ3v) is 5.01. The van der Waals surface area contributed by atoms with Gasteiger partial charge in [0.15, 0.2) is 11.5 Å². The summed E-state index contributed by atoms with van der Waals surface area (Å²) in [5.74, 6) is 1.92. The summed E-state index contributed by atoms with van der Waals surface area (Å²) in [5, 5.41) is 10.3. The van der Waals surface area contributed by atoms with E-state index in [4.69, 9.17) is 4.42 Å². The lowest BCUT2D eigenvalue weighted by Crippen LogP contribution is -2.46. The van der Waals surface area contributed by atoms with Gasteiger partial charge >= 0.3 is 0 Å². The van der Waals surface area contributed by atoms with Gasteiger partial charge in [0, 0.05) is 12.1 Å². The molecule has 2 N–H and O–H groups in total. The predicted octanol–water partition coefficient (Wildman–Crippen LogP) is 4.31. The number of hydrogen-bond donors (Lipinski definition) is 2. The van der Waals surface area contributed by atoms with Gasteiger partial charge in [-0.15, -0.1) is 0 Å². The van der Waals surface area contributed by atoms with E-state index in [0.717, 1.165) is 17.9 Å². The summed E-state index contributed by atoms with van der Waals surface area (Å²) in [7, 11) is 0. The molecule has 0 radical (unpaired) electrons. The molecule has 2 heterocycles. The van der Waals surface area contributed by atoms with Gasteiger partial charge in [0.25, 0.3) is 5.91 Å². The van der Waals surface area contributed by atoms with Crippen molar-refractivity contribution in [2.75, 3.05) is 0 Å². The number of aryl methyl sites for hydroxylation is 1. The van der Waals surface area contributed by atoms with Crippen LogP contribution in [0.5, 0.6) is 0 Å². The minimum atomic E-state index is -0.109. The van der Waals surface area contributed by atoms with E-state index < -0.39 is 0 Å². The minimum absolute atomic E-state index is 0.109. The van der Waals surface area contributed by atoms with E-state index in [1.54, 1.807) is 6.07 Å². The first-order valence-corrected chi connectivity index (χ1v) is 8.77. The number of carbonyl (C=O) groups is 1. The Hall–Kier alpha value is -2.04. The van der Waals surface area contributed by atoms with Gasteiger partial charge < -0.3 is 9.73 Å². The van der Waals surface area contributed by atoms with Gasteiger partial charge in [-0.3, -0.25) is 9.89 Å². The number of carbonyl (C=O) groups excluding carboxylic acids is 1. The van der Waals surface area contributed by atoms with Gasteiger partial charge in [0.05, 0.1) is 0 Å². The third-order valence-electron chi connectivity index (χ3n) is 5.01. The van der Waals surface area contributed by atoms with Crippen molar-refractivity contribution >= 4 is 5.91 Å². The molecule has 5 heteroatoms. The van der Waals surface area contributed by atoms with E-state index in [1.165, 1.54) is 19.3 Å². The molecule has 1 amide bonds. The van der Waals surface area contributed by atoms with Crippen LogP contribution in [0.25, 0.3) is 11.5 Å². The fraction of sp³-hybridized carbons (Fsp3) is 0.579. The van der Waals surface area contributed by atoms with Crippen LogP contribution in [-0.4, -0.2) is 22.1 Å². The first-order chi connectivity index (χ1) is 11.3. The van der Waals surface area contributed by atoms with Gasteiger partial charge in [-0.05, 0) is 43.2 Å². The van der Waals surface area contributed by atoms with Gasteiger partial charge in [-0.25, -0.2) is 0 Å². The Balaban J connectivity index is 1.71. The molecule has 130 valence electrons. The molecule has 1 fully saturated rings. The van der Waals surface area contributed by atoms with Crippen LogP contribution in [0.4, 0.5) is 0 Å². The Morgan fingerprint density at radius 2 is 2.04 bits per heavy atom. The molecule has 2 aromatic rings. The van der Waals surface area contributed by atoms with Crippen molar-refractivity contribution < 1.29 is 9.21 Å². The zero-order valence-corrected chi connectivity index (χ0v) is 15.0. The molecule has 2 atom stereocenters. The average Bonchev–Trinajstić information content (AvgIpc) is 3.15. The lowest BCUT2D eigenvalue weighted by atomic mass is 9.69. The van der Waals surface area contributed by atoms with E-state index in [-0.39, 0.29) is 17.4 Å². The van der Waals surface area contributed by atoms with E-state index in [1.807, 2.05) is 19.1 Å². The maximum atomic E-state index is 12.6. The fourth-order valence-corrected chi connectivity index (χ4v) is 3.73. The molecule has 2 aromatic heterocycles. The Labute approximate surface area is 143 Å². The standard InChI is InChI=1S/C19H27N3O2/c1-12-9-10-17(24-12)15-11-16(22-21-15)18(23)20-14-8-6-5-7-13(14)19(2,3)4/h9-11,13-14H,5-8H2,1-4H3,(H,20,23)(H,21,22). The second-order valence-corrected chi connectivity index (χ2v) is 7.91. The third kappa shape index (κ3) is 3.55. The molecule has 1 saturated carbocycles. The average molecular weight is 329 g/mol. The Morgan fingerprint density at radius 3 is 2.71 bits per heavy atom. The minimum Gasteiger partial charge on any atom is -0.460 e. The van der Waals surface area contributed by atoms with Crippen molar-refractivity contribution in [2.45, 2.75) is 59.4 Å². The van der Waals surface area contributed by atoms with Crippen LogP contribution >= 0.6 is 0 Å². The van der Waals surface area contributed by atoms with Gasteiger partial charge in [0.2, 0.25) is 0 Å². The van der Waals surface area contributed by atoms with E-state index in [9.17, 15) is 4.79 Å². The van der Waals surface area contributed by atoms with Crippen molar-refractivity contribution in [3.05, 3.63) is 29.7 Å². The molecule has 1 aliphatic rings. The van der Waals surface area contributed by atoms with Crippen LogP contribution < -0.4 is 5.32 Å². The monoisotopic (exact) mass is 329 g/mol. The van der Waals surface area contributed by atoms with Crippen molar-refractivity contribution in [3.63, 3.8) is 0 Å². The Morgan fingerprint density at radius 1 is 1.29 bits per heavy atom.